The minimum atomic E-state index is -0.511. The van der Waals surface area contributed by atoms with Gasteiger partial charge in [-0.3, -0.25) is 9.59 Å². The first kappa shape index (κ1) is 25.8. The van der Waals surface area contributed by atoms with Gasteiger partial charge in [0.1, 0.15) is 11.8 Å². The molecule has 1 atom stereocenters. The second-order valence-electron chi connectivity index (χ2n) is 8.95. The van der Waals surface area contributed by atoms with Crippen molar-refractivity contribution in [2.45, 2.75) is 64.9 Å². The molecule has 32 heavy (non-hydrogen) atoms. The number of carbonyl (C=O) groups is 2. The van der Waals surface area contributed by atoms with Crippen LogP contribution in [0.2, 0.25) is 0 Å². The Morgan fingerprint density at radius 3 is 2.31 bits per heavy atom. The molecule has 5 nitrogen and oxygen atoms in total. The molecule has 2 aromatic carbocycles. The van der Waals surface area contributed by atoms with E-state index in [0.29, 0.717) is 18.7 Å². The third-order valence-electron chi connectivity index (χ3n) is 5.14. The summed E-state index contributed by atoms with van der Waals surface area (Å²) in [5, 5.41) is 3.05. The summed E-state index contributed by atoms with van der Waals surface area (Å²) in [5.74, 6) is 1.72. The molecule has 0 aliphatic rings. The van der Waals surface area contributed by atoms with Crippen molar-refractivity contribution in [3.05, 3.63) is 65.2 Å². The molecular weight excluding hydrogens is 420 g/mol. The zero-order chi connectivity index (χ0) is 23.7. The minimum Gasteiger partial charge on any atom is -0.497 e. The summed E-state index contributed by atoms with van der Waals surface area (Å²) >= 11 is 1.56. The van der Waals surface area contributed by atoms with Crippen LogP contribution in [0.3, 0.4) is 0 Å². The number of nitrogens with zero attached hydrogens (tertiary/aromatic N) is 1. The summed E-state index contributed by atoms with van der Waals surface area (Å²) in [6, 6.07) is 15.4. The van der Waals surface area contributed by atoms with Gasteiger partial charge in [0.15, 0.2) is 0 Å². The number of thioether (sulfide) groups is 1. The number of amides is 2. The third-order valence-corrected chi connectivity index (χ3v) is 6.13. The molecule has 0 fully saturated rings. The van der Waals surface area contributed by atoms with Gasteiger partial charge < -0.3 is 15.0 Å². The first-order chi connectivity index (χ1) is 15.1. The van der Waals surface area contributed by atoms with Gasteiger partial charge in [0.2, 0.25) is 11.8 Å². The van der Waals surface area contributed by atoms with Crippen molar-refractivity contribution in [3.8, 4) is 5.75 Å². The Balaban J connectivity index is 2.15. The Bertz CT molecular complexity index is 891. The van der Waals surface area contributed by atoms with E-state index in [1.54, 1.807) is 23.8 Å². The highest BCUT2D eigenvalue weighted by molar-refractivity contribution is 7.99. The maximum absolute atomic E-state index is 13.3. The Morgan fingerprint density at radius 1 is 1.09 bits per heavy atom. The normalized spacial score (nSPS) is 12.2. The van der Waals surface area contributed by atoms with Crippen LogP contribution in [0.15, 0.2) is 48.5 Å². The number of rotatable bonds is 10. The maximum Gasteiger partial charge on any atom is 0.243 e. The molecule has 174 valence electrons. The van der Waals surface area contributed by atoms with Crippen LogP contribution in [-0.2, 0) is 21.9 Å². The Morgan fingerprint density at radius 2 is 1.75 bits per heavy atom. The van der Waals surface area contributed by atoms with Crippen molar-refractivity contribution >= 4 is 23.6 Å². The van der Waals surface area contributed by atoms with E-state index >= 15 is 0 Å². The number of carbonyl (C=O) groups excluding carboxylic acids is 2. The van der Waals surface area contributed by atoms with Gasteiger partial charge in [-0.2, -0.15) is 0 Å². The average molecular weight is 457 g/mol. The van der Waals surface area contributed by atoms with Crippen molar-refractivity contribution in [1.82, 2.24) is 10.2 Å². The van der Waals surface area contributed by atoms with E-state index in [1.165, 1.54) is 0 Å². The molecule has 0 saturated carbocycles. The summed E-state index contributed by atoms with van der Waals surface area (Å²) in [6.07, 6.45) is 0.558. The molecule has 0 spiro atoms. The van der Waals surface area contributed by atoms with E-state index in [1.807, 2.05) is 83.1 Å². The van der Waals surface area contributed by atoms with Crippen LogP contribution in [0, 0.1) is 6.92 Å². The van der Waals surface area contributed by atoms with Crippen LogP contribution < -0.4 is 10.1 Å². The van der Waals surface area contributed by atoms with Crippen molar-refractivity contribution in [2.75, 3.05) is 12.9 Å². The van der Waals surface area contributed by atoms with Gasteiger partial charge in [-0.05, 0) is 62.9 Å². The van der Waals surface area contributed by atoms with Crippen LogP contribution >= 0.6 is 11.8 Å². The van der Waals surface area contributed by atoms with Crippen molar-refractivity contribution in [3.63, 3.8) is 0 Å². The number of hydrogen-bond donors (Lipinski definition) is 1. The zero-order valence-corrected chi connectivity index (χ0v) is 20.9. The van der Waals surface area contributed by atoms with Gasteiger partial charge in [0.25, 0.3) is 0 Å². The largest absolute Gasteiger partial charge is 0.497 e. The highest BCUT2D eigenvalue weighted by atomic mass is 32.2. The molecule has 0 aromatic heterocycles. The topological polar surface area (TPSA) is 58.6 Å². The number of ether oxygens (including phenoxy) is 1. The van der Waals surface area contributed by atoms with Gasteiger partial charge in [0, 0.05) is 17.8 Å². The molecule has 0 unspecified atom stereocenters. The van der Waals surface area contributed by atoms with Crippen molar-refractivity contribution < 1.29 is 14.3 Å². The van der Waals surface area contributed by atoms with Crippen LogP contribution in [0.4, 0.5) is 0 Å². The predicted octanol–water partition coefficient (Wildman–Crippen LogP) is 4.96. The molecular formula is C26H36N2O3S. The molecule has 0 radical (unpaired) electrons. The van der Waals surface area contributed by atoms with Crippen LogP contribution in [-0.4, -0.2) is 41.2 Å². The molecule has 0 bridgehead atoms. The van der Waals surface area contributed by atoms with Crippen LogP contribution in [0.1, 0.15) is 50.8 Å². The molecule has 2 rings (SSSR count). The Labute approximate surface area is 196 Å². The van der Waals surface area contributed by atoms with E-state index in [9.17, 15) is 9.59 Å². The first-order valence-electron chi connectivity index (χ1n) is 11.0. The van der Waals surface area contributed by atoms with E-state index in [0.717, 1.165) is 28.2 Å². The van der Waals surface area contributed by atoms with E-state index < -0.39 is 6.04 Å². The van der Waals surface area contributed by atoms with Crippen molar-refractivity contribution in [2.24, 2.45) is 0 Å². The zero-order valence-electron chi connectivity index (χ0n) is 20.1. The monoisotopic (exact) mass is 456 g/mol. The molecule has 0 aliphatic carbocycles. The summed E-state index contributed by atoms with van der Waals surface area (Å²) < 4.78 is 5.20. The summed E-state index contributed by atoms with van der Waals surface area (Å²) in [7, 11) is 1.64. The average Bonchev–Trinajstić information content (AvgIpc) is 2.74. The third kappa shape index (κ3) is 7.90. The standard InChI is InChI=1S/C26H36N2O3S/c1-7-23(25(30)27-26(3,4)5)28(16-21-11-9-8-10-19(21)2)24(29)18-32-17-20-12-14-22(31-6)15-13-20/h8-15,23H,7,16-18H2,1-6H3,(H,27,30)/t23-/m0/s1. The lowest BCUT2D eigenvalue weighted by atomic mass is 10.0. The lowest BCUT2D eigenvalue weighted by Crippen LogP contribution is -2.53. The van der Waals surface area contributed by atoms with Gasteiger partial charge in [0.05, 0.1) is 12.9 Å². The quantitative estimate of drug-likeness (QED) is 0.549. The fourth-order valence-corrected chi connectivity index (χ4v) is 4.27. The number of hydrogen-bond acceptors (Lipinski definition) is 4. The van der Waals surface area contributed by atoms with Gasteiger partial charge >= 0.3 is 0 Å². The molecule has 6 heteroatoms. The molecule has 0 aliphatic heterocycles. The SMILES string of the molecule is CC[C@@H](C(=O)NC(C)(C)C)N(Cc1ccccc1C)C(=O)CSCc1ccc(OC)cc1. The lowest BCUT2D eigenvalue weighted by molar-refractivity contribution is -0.140. The number of nitrogens with one attached hydrogen (secondary N) is 1. The van der Waals surface area contributed by atoms with E-state index in [-0.39, 0.29) is 17.4 Å². The second kappa shape index (κ2) is 12.0. The first-order valence-corrected chi connectivity index (χ1v) is 12.2. The fourth-order valence-electron chi connectivity index (χ4n) is 3.40. The van der Waals surface area contributed by atoms with E-state index in [4.69, 9.17) is 4.74 Å². The maximum atomic E-state index is 13.3. The summed E-state index contributed by atoms with van der Waals surface area (Å²) in [5.41, 5.74) is 2.95. The molecule has 1 N–H and O–H groups in total. The Kier molecular flexibility index (Phi) is 9.63. The van der Waals surface area contributed by atoms with Gasteiger partial charge in [-0.1, -0.05) is 43.3 Å². The molecule has 2 amide bonds. The number of benzene rings is 2. The fraction of sp³-hybridized carbons (Fsp3) is 0.462. The Hall–Kier alpha value is -2.47. The van der Waals surface area contributed by atoms with Gasteiger partial charge in [-0.25, -0.2) is 0 Å². The van der Waals surface area contributed by atoms with Crippen LogP contribution in [0.5, 0.6) is 5.75 Å². The second-order valence-corrected chi connectivity index (χ2v) is 9.94. The van der Waals surface area contributed by atoms with E-state index in [2.05, 4.69) is 5.32 Å². The predicted molar refractivity (Wildman–Crippen MR) is 133 cm³/mol. The van der Waals surface area contributed by atoms with Gasteiger partial charge in [-0.15, -0.1) is 11.8 Å². The lowest BCUT2D eigenvalue weighted by Gasteiger charge is -2.33. The minimum absolute atomic E-state index is 0.0253. The molecule has 0 heterocycles. The highest BCUT2D eigenvalue weighted by Gasteiger charge is 2.30. The van der Waals surface area contributed by atoms with Crippen LogP contribution in [0.25, 0.3) is 0 Å². The smallest absolute Gasteiger partial charge is 0.243 e. The molecule has 0 saturated heterocycles. The highest BCUT2D eigenvalue weighted by Crippen LogP contribution is 2.20. The number of aryl methyl sites for hydroxylation is 1. The number of methoxy groups -OCH3 is 1. The summed E-state index contributed by atoms with van der Waals surface area (Å²) in [4.78, 5) is 28.1. The van der Waals surface area contributed by atoms with Crippen molar-refractivity contribution in [1.29, 1.82) is 0 Å². The molecule has 2 aromatic rings. The summed E-state index contributed by atoms with van der Waals surface area (Å²) in [6.45, 7) is 10.3.